The van der Waals surface area contributed by atoms with E-state index in [0.29, 0.717) is 0 Å². The first-order chi connectivity index (χ1) is 14.6. The monoisotopic (exact) mass is 617 g/mol. The van der Waals surface area contributed by atoms with Crippen molar-refractivity contribution in [2.24, 2.45) is 0 Å². The molecule has 0 spiro atoms. The second kappa shape index (κ2) is 22.0. The third kappa shape index (κ3) is 26.8. The predicted molar refractivity (Wildman–Crippen MR) is 104 cm³/mol. The van der Waals surface area contributed by atoms with Crippen LogP contribution in [0.5, 0.6) is 0 Å². The van der Waals surface area contributed by atoms with E-state index in [-0.39, 0.29) is 118 Å². The van der Waals surface area contributed by atoms with Gasteiger partial charge < -0.3 is 56.0 Å². The molecule has 0 amide bonds. The van der Waals surface area contributed by atoms with Gasteiger partial charge in [0.15, 0.2) is 0 Å². The topological polar surface area (TPSA) is 276 Å². The molecule has 0 aromatic carbocycles. The molecule has 0 bridgehead atoms. The Morgan fingerprint density at radius 2 is 1.32 bits per heavy atom. The van der Waals surface area contributed by atoms with Crippen molar-refractivity contribution in [1.29, 1.82) is 0 Å². The van der Waals surface area contributed by atoms with Gasteiger partial charge in [0.1, 0.15) is 12.6 Å². The van der Waals surface area contributed by atoms with Gasteiger partial charge in [-0.15, -0.1) is 0 Å². The average Bonchev–Trinajstić information content (AvgIpc) is 2.56. The van der Waals surface area contributed by atoms with Crippen molar-refractivity contribution >= 4 is 20.8 Å². The second-order valence-corrected chi connectivity index (χ2v) is 9.27. The van der Waals surface area contributed by atoms with Crippen LogP contribution in [0.15, 0.2) is 0 Å². The van der Waals surface area contributed by atoms with Gasteiger partial charge in [-0.25, -0.2) is 23.4 Å². The molecule has 2 saturated heterocycles. The minimum atomic E-state index is -4.92. The summed E-state index contributed by atoms with van der Waals surface area (Å²) in [5.41, 5.74) is 7.35. The zero-order valence-corrected chi connectivity index (χ0v) is 31.2. The predicted octanol–water partition coefficient (Wildman–Crippen LogP) is -14.0. The molecule has 22 heteroatoms. The van der Waals surface area contributed by atoms with Crippen LogP contribution in [0.25, 0.3) is 5.73 Å². The summed E-state index contributed by atoms with van der Waals surface area (Å²) in [5.74, 6) is 0. The van der Waals surface area contributed by atoms with Crippen molar-refractivity contribution in [1.82, 2.24) is 0 Å². The van der Waals surface area contributed by atoms with Gasteiger partial charge in [-0.2, -0.15) is 6.10 Å². The first-order valence-electron chi connectivity index (χ1n) is 8.86. The summed E-state index contributed by atoms with van der Waals surface area (Å²) in [6, 6.07) is -1.20. The molecular formula is C15H27NNa4O15S2-2. The van der Waals surface area contributed by atoms with E-state index < -0.39 is 75.5 Å². The quantitative estimate of drug-likeness (QED) is 0.0851. The molecule has 0 radical (unpaired) electrons. The molecule has 200 valence electrons. The standard InChI is InChI=1S/C15H25NO7.4Na.2H2O4S/c1-7-11(18)12(19)10(16)14(21-7)22-8-5-9(17)13(20-6-8)23-15(2,3)4;;;;;2*1-5(2,3)4/h5-14,16-19H,1H2,2-4H3;;;;;2*(H2,1,2,3,4)/q-4;4*+1;;/p-2/t7?,8-,9?,10?,11+,12+,13-,14+;;;;;;/m0....../s1. The molecular weight excluding hydrogens is 590 g/mol. The van der Waals surface area contributed by atoms with E-state index in [4.69, 9.17) is 59.7 Å². The van der Waals surface area contributed by atoms with Crippen LogP contribution >= 0.6 is 0 Å². The molecule has 6 N–H and O–H groups in total. The van der Waals surface area contributed by atoms with Gasteiger partial charge in [-0.1, -0.05) is 6.04 Å². The van der Waals surface area contributed by atoms with Crippen molar-refractivity contribution in [3.63, 3.8) is 0 Å². The van der Waals surface area contributed by atoms with Crippen molar-refractivity contribution in [3.05, 3.63) is 25.7 Å². The van der Waals surface area contributed by atoms with Gasteiger partial charge in [0, 0.05) is 0 Å². The summed E-state index contributed by atoms with van der Waals surface area (Å²) in [7, 11) is -9.83. The molecule has 3 unspecified atom stereocenters. The molecule has 8 atom stereocenters. The van der Waals surface area contributed by atoms with Gasteiger partial charge >= 0.3 is 118 Å². The molecule has 0 saturated carbocycles. The Morgan fingerprint density at radius 3 is 1.68 bits per heavy atom. The van der Waals surface area contributed by atoms with Crippen LogP contribution < -0.4 is 118 Å². The summed E-state index contributed by atoms with van der Waals surface area (Å²) in [5, 5.41) is 29.4. The van der Waals surface area contributed by atoms with Gasteiger partial charge in [-0.3, -0.25) is 15.5 Å². The van der Waals surface area contributed by atoms with Crippen LogP contribution in [0.3, 0.4) is 0 Å². The summed E-state index contributed by atoms with van der Waals surface area (Å²) in [4.78, 5) is 0. The maximum atomic E-state index is 10.0. The third-order valence-electron chi connectivity index (χ3n) is 3.47. The third-order valence-corrected chi connectivity index (χ3v) is 3.47. The number of nitrogens with one attached hydrogen (secondary N) is 1. The number of aliphatic hydroxyl groups is 3. The minimum Gasteiger partial charge on any atom is -0.726 e. The van der Waals surface area contributed by atoms with Crippen LogP contribution in [-0.2, 0) is 39.7 Å². The van der Waals surface area contributed by atoms with Crippen LogP contribution in [0, 0.1) is 20.0 Å². The molecule has 2 fully saturated rings. The fourth-order valence-corrected chi connectivity index (χ4v) is 2.29. The minimum absolute atomic E-state index is 0. The van der Waals surface area contributed by atoms with Crippen molar-refractivity contribution in [2.45, 2.75) is 75.5 Å². The van der Waals surface area contributed by atoms with Crippen LogP contribution in [0.1, 0.15) is 20.8 Å². The molecule has 2 heterocycles. The average molecular weight is 617 g/mol. The van der Waals surface area contributed by atoms with E-state index >= 15 is 0 Å². The number of hydrogen-bond acceptors (Lipinski definition) is 13. The molecule has 16 nitrogen and oxygen atoms in total. The Labute approximate surface area is 305 Å². The van der Waals surface area contributed by atoms with Gasteiger partial charge in [0.2, 0.25) is 20.8 Å². The Hall–Kier alpha value is 3.42. The van der Waals surface area contributed by atoms with Crippen molar-refractivity contribution < 1.29 is 188 Å². The number of hydrogen-bond donors (Lipinski definition) is 5. The van der Waals surface area contributed by atoms with Gasteiger partial charge in [-0.05, 0) is 33.0 Å². The van der Waals surface area contributed by atoms with Crippen LogP contribution in [0.4, 0.5) is 0 Å². The zero-order chi connectivity index (χ0) is 26.4. The maximum Gasteiger partial charge on any atom is 1.00 e. The van der Waals surface area contributed by atoms with E-state index in [9.17, 15) is 15.3 Å². The fourth-order valence-electron chi connectivity index (χ4n) is 2.29. The Morgan fingerprint density at radius 1 is 0.919 bits per heavy atom. The van der Waals surface area contributed by atoms with Crippen molar-refractivity contribution in [3.8, 4) is 0 Å². The Balaban J connectivity index is -0.000000210. The second-order valence-electron chi connectivity index (χ2n) is 7.56. The van der Waals surface area contributed by atoms with E-state index in [1.54, 1.807) is 0 Å². The normalized spacial score (nSPS) is 31.7. The van der Waals surface area contributed by atoms with Gasteiger partial charge in [0.05, 0.1) is 17.8 Å². The molecule has 0 aromatic heterocycles. The summed E-state index contributed by atoms with van der Waals surface area (Å²) in [6.45, 7) is 10.4. The SMILES string of the molecule is O=S(=O)([O-])O.O=S(=O)([O-])O.[CH2-]C1O[C@H](O[C@@H]2[CH-]O[C@@H](OC(C)(C)C)C(O)[CH-]2)C([NH-])[C@@H](O)[C@@H]1O.[Na+].[Na+].[Na+].[Na+]. The summed E-state index contributed by atoms with van der Waals surface area (Å²) in [6.07, 6.45) is -5.77. The molecule has 0 aromatic rings. The molecule has 2 aliphatic heterocycles. The maximum absolute atomic E-state index is 10.0. The first kappa shape index (κ1) is 50.1. The largest absolute Gasteiger partial charge is 1.00 e. The molecule has 37 heavy (non-hydrogen) atoms. The zero-order valence-electron chi connectivity index (χ0n) is 21.6. The molecule has 0 aliphatic carbocycles. The van der Waals surface area contributed by atoms with Crippen molar-refractivity contribution in [2.75, 3.05) is 0 Å². The fraction of sp³-hybridized carbons (Fsp3) is 0.800. The van der Waals surface area contributed by atoms with E-state index in [2.05, 4.69) is 6.92 Å². The number of rotatable bonds is 3. The molecule has 2 aliphatic rings. The summed E-state index contributed by atoms with van der Waals surface area (Å²) < 4.78 is 87.4. The van der Waals surface area contributed by atoms with E-state index in [0.717, 1.165) is 0 Å². The van der Waals surface area contributed by atoms with E-state index in [1.807, 2.05) is 20.8 Å². The smallest absolute Gasteiger partial charge is 0.726 e. The Kier molecular flexibility index (Phi) is 29.8. The van der Waals surface area contributed by atoms with Crippen LogP contribution in [-0.4, -0.2) is 105 Å². The molecule has 2 rings (SSSR count). The number of ether oxygens (including phenoxy) is 4. The van der Waals surface area contributed by atoms with Crippen LogP contribution in [0.2, 0.25) is 0 Å². The van der Waals surface area contributed by atoms with E-state index in [1.165, 1.54) is 13.0 Å². The Bertz CT molecular complexity index is 756. The summed E-state index contributed by atoms with van der Waals surface area (Å²) >= 11 is 0. The van der Waals surface area contributed by atoms with Gasteiger partial charge in [0.25, 0.3) is 0 Å². The first-order valence-corrected chi connectivity index (χ1v) is 11.6. The number of aliphatic hydroxyl groups excluding tert-OH is 3.